The molecule has 102 valence electrons. The fraction of sp³-hybridized carbons (Fsp3) is 0. The Balaban J connectivity index is 1.72. The largest absolute Gasteiger partial charge is 0.508 e. The maximum atomic E-state index is 9.53. The van der Waals surface area contributed by atoms with Gasteiger partial charge in [0, 0.05) is 6.07 Å². The number of benzene rings is 2. The molecule has 0 saturated carbocycles. The average molecular weight is 279 g/mol. The first-order valence-corrected chi connectivity index (χ1v) is 6.24. The van der Waals surface area contributed by atoms with Crippen LogP contribution in [0, 0.1) is 0 Å². The summed E-state index contributed by atoms with van der Waals surface area (Å²) < 4.78 is 6.99. The predicted octanol–water partition coefficient (Wildman–Crippen LogP) is 2.17. The number of aromatic hydroxyl groups is 1. The molecule has 0 fully saturated rings. The molecule has 0 amide bonds. The van der Waals surface area contributed by atoms with E-state index in [-0.39, 0.29) is 5.75 Å². The second-order valence-corrected chi connectivity index (χ2v) is 4.49. The van der Waals surface area contributed by atoms with Crippen LogP contribution in [-0.4, -0.2) is 30.4 Å². The normalized spacial score (nSPS) is 11.0. The van der Waals surface area contributed by atoms with E-state index >= 15 is 0 Å². The monoisotopic (exact) mass is 279 g/mol. The van der Waals surface area contributed by atoms with Gasteiger partial charge < -0.3 is 9.84 Å². The molecule has 4 rings (SSSR count). The molecule has 0 unspecified atom stereocenters. The summed E-state index contributed by atoms with van der Waals surface area (Å²) in [4.78, 5) is 0. The molecular formula is C14H9N5O2. The molecule has 0 aliphatic rings. The van der Waals surface area contributed by atoms with Gasteiger partial charge in [0.15, 0.2) is 5.65 Å². The molecule has 0 bridgehead atoms. The maximum absolute atomic E-state index is 9.53. The van der Waals surface area contributed by atoms with E-state index in [2.05, 4.69) is 20.6 Å². The Bertz CT molecular complexity index is 950. The average Bonchev–Trinajstić information content (AvgIpc) is 2.94. The predicted molar refractivity (Wildman–Crippen MR) is 74.3 cm³/mol. The number of hydrogen-bond acceptors (Lipinski definition) is 6. The topological polar surface area (TPSA) is 85.4 Å². The number of tetrazole rings is 1. The van der Waals surface area contributed by atoms with E-state index in [0.29, 0.717) is 17.3 Å². The van der Waals surface area contributed by atoms with Crippen molar-refractivity contribution in [2.75, 3.05) is 0 Å². The summed E-state index contributed by atoms with van der Waals surface area (Å²) in [6.07, 6.45) is 0. The molecule has 4 aromatic rings. The number of nitrogens with zero attached hydrogens (tertiary/aromatic N) is 5. The summed E-state index contributed by atoms with van der Waals surface area (Å²) in [5, 5.41) is 26.6. The SMILES string of the molecule is Oc1ccc2ccc(Oc3ccc4nnnn4n3)cc2c1. The summed E-state index contributed by atoms with van der Waals surface area (Å²) >= 11 is 0. The zero-order valence-corrected chi connectivity index (χ0v) is 10.7. The van der Waals surface area contributed by atoms with E-state index in [1.807, 2.05) is 24.3 Å². The van der Waals surface area contributed by atoms with E-state index in [0.717, 1.165) is 10.8 Å². The number of fused-ring (bicyclic) bond motifs is 2. The van der Waals surface area contributed by atoms with E-state index in [1.54, 1.807) is 24.3 Å². The van der Waals surface area contributed by atoms with E-state index in [9.17, 15) is 5.11 Å². The van der Waals surface area contributed by atoms with Gasteiger partial charge >= 0.3 is 0 Å². The molecule has 7 heteroatoms. The molecule has 1 N–H and O–H groups in total. The van der Waals surface area contributed by atoms with Crippen molar-refractivity contribution >= 4 is 16.4 Å². The van der Waals surface area contributed by atoms with Gasteiger partial charge in [0.1, 0.15) is 11.5 Å². The molecule has 0 aliphatic carbocycles. The van der Waals surface area contributed by atoms with Crippen LogP contribution in [0.4, 0.5) is 0 Å². The molecule has 7 nitrogen and oxygen atoms in total. The zero-order chi connectivity index (χ0) is 14.2. The van der Waals surface area contributed by atoms with Crippen LogP contribution in [0.1, 0.15) is 0 Å². The van der Waals surface area contributed by atoms with Gasteiger partial charge in [-0.3, -0.25) is 0 Å². The van der Waals surface area contributed by atoms with Crippen LogP contribution in [-0.2, 0) is 0 Å². The zero-order valence-electron chi connectivity index (χ0n) is 10.7. The lowest BCUT2D eigenvalue weighted by molar-refractivity contribution is 0.447. The second kappa shape index (κ2) is 4.41. The Hall–Kier alpha value is -3.22. The fourth-order valence-electron chi connectivity index (χ4n) is 2.08. The van der Waals surface area contributed by atoms with Crippen molar-refractivity contribution < 1.29 is 9.84 Å². The van der Waals surface area contributed by atoms with Crippen molar-refractivity contribution in [2.45, 2.75) is 0 Å². The maximum Gasteiger partial charge on any atom is 0.239 e. The number of rotatable bonds is 2. The van der Waals surface area contributed by atoms with Crippen LogP contribution in [0.3, 0.4) is 0 Å². The first-order chi connectivity index (χ1) is 10.3. The third-order valence-corrected chi connectivity index (χ3v) is 3.06. The van der Waals surface area contributed by atoms with Crippen LogP contribution in [0.25, 0.3) is 16.4 Å². The molecular weight excluding hydrogens is 270 g/mol. The molecule has 0 saturated heterocycles. The third-order valence-electron chi connectivity index (χ3n) is 3.06. The first kappa shape index (κ1) is 11.6. The number of phenols is 1. The molecule has 0 atom stereocenters. The van der Waals surface area contributed by atoms with Crippen LogP contribution >= 0.6 is 0 Å². The highest BCUT2D eigenvalue weighted by molar-refractivity contribution is 5.85. The van der Waals surface area contributed by atoms with Crippen molar-refractivity contribution in [3.63, 3.8) is 0 Å². The highest BCUT2D eigenvalue weighted by atomic mass is 16.5. The summed E-state index contributed by atoms with van der Waals surface area (Å²) in [5.74, 6) is 1.22. The van der Waals surface area contributed by atoms with E-state index in [1.165, 1.54) is 4.63 Å². The third kappa shape index (κ3) is 2.10. The minimum atomic E-state index is 0.216. The smallest absolute Gasteiger partial charge is 0.239 e. The minimum Gasteiger partial charge on any atom is -0.508 e. The lowest BCUT2D eigenvalue weighted by Crippen LogP contribution is -1.97. The van der Waals surface area contributed by atoms with Crippen LogP contribution < -0.4 is 4.74 Å². The van der Waals surface area contributed by atoms with Crippen LogP contribution in [0.15, 0.2) is 48.5 Å². The van der Waals surface area contributed by atoms with Crippen molar-refractivity contribution in [2.24, 2.45) is 0 Å². The highest BCUT2D eigenvalue weighted by Gasteiger charge is 2.04. The van der Waals surface area contributed by atoms with Gasteiger partial charge in [-0.25, -0.2) is 0 Å². The molecule has 0 spiro atoms. The van der Waals surface area contributed by atoms with Crippen molar-refractivity contribution in [1.82, 2.24) is 25.3 Å². The summed E-state index contributed by atoms with van der Waals surface area (Å²) in [7, 11) is 0. The lowest BCUT2D eigenvalue weighted by atomic mass is 10.1. The fourth-order valence-corrected chi connectivity index (χ4v) is 2.08. The Morgan fingerprint density at radius 1 is 0.952 bits per heavy atom. The summed E-state index contributed by atoms with van der Waals surface area (Å²) in [5.41, 5.74) is 0.547. The van der Waals surface area contributed by atoms with E-state index in [4.69, 9.17) is 4.74 Å². The first-order valence-electron chi connectivity index (χ1n) is 6.24. The van der Waals surface area contributed by atoms with Crippen molar-refractivity contribution in [3.05, 3.63) is 48.5 Å². The minimum absolute atomic E-state index is 0.216. The van der Waals surface area contributed by atoms with Crippen molar-refractivity contribution in [1.29, 1.82) is 0 Å². The van der Waals surface area contributed by atoms with E-state index < -0.39 is 0 Å². The molecule has 0 aliphatic heterocycles. The van der Waals surface area contributed by atoms with Gasteiger partial charge in [-0.15, -0.1) is 14.8 Å². The number of aromatic nitrogens is 5. The number of ether oxygens (including phenoxy) is 1. The Morgan fingerprint density at radius 3 is 2.81 bits per heavy atom. The second-order valence-electron chi connectivity index (χ2n) is 4.49. The standard InChI is InChI=1S/C14H9N5O2/c20-11-3-1-9-2-4-12(8-10(9)7-11)21-14-6-5-13-15-17-18-19(13)16-14/h1-8,20H. The van der Waals surface area contributed by atoms with Crippen molar-refractivity contribution in [3.8, 4) is 17.4 Å². The molecule has 2 heterocycles. The van der Waals surface area contributed by atoms with Gasteiger partial charge in [-0.05, 0) is 51.5 Å². The molecule has 0 radical (unpaired) electrons. The molecule has 21 heavy (non-hydrogen) atoms. The van der Waals surface area contributed by atoms with Crippen LogP contribution in [0.2, 0.25) is 0 Å². The Labute approximate surface area is 118 Å². The molecule has 2 aromatic heterocycles. The lowest BCUT2D eigenvalue weighted by Gasteiger charge is -2.06. The van der Waals surface area contributed by atoms with Gasteiger partial charge in [0.25, 0.3) is 0 Å². The van der Waals surface area contributed by atoms with Gasteiger partial charge in [-0.1, -0.05) is 12.1 Å². The van der Waals surface area contributed by atoms with Crippen LogP contribution in [0.5, 0.6) is 17.4 Å². The molecule has 2 aromatic carbocycles. The van der Waals surface area contributed by atoms with Gasteiger partial charge in [-0.2, -0.15) is 0 Å². The number of phenolic OH excluding ortho intramolecular Hbond substituents is 1. The van der Waals surface area contributed by atoms with Gasteiger partial charge in [0.2, 0.25) is 5.88 Å². The van der Waals surface area contributed by atoms with Gasteiger partial charge in [0.05, 0.1) is 0 Å². The quantitative estimate of drug-likeness (QED) is 0.605. The highest BCUT2D eigenvalue weighted by Crippen LogP contribution is 2.26. The Morgan fingerprint density at radius 2 is 1.86 bits per heavy atom. The summed E-state index contributed by atoms with van der Waals surface area (Å²) in [6, 6.07) is 14.2. The summed E-state index contributed by atoms with van der Waals surface area (Å²) in [6.45, 7) is 0. The number of hydrogen-bond donors (Lipinski definition) is 1. The Kier molecular flexibility index (Phi) is 2.43.